The fourth-order valence-electron chi connectivity index (χ4n) is 1.71. The number of rotatable bonds is 4. The summed E-state index contributed by atoms with van der Waals surface area (Å²) in [6, 6.07) is 12.7. The van der Waals surface area contributed by atoms with Crippen molar-refractivity contribution in [3.63, 3.8) is 0 Å². The minimum Gasteiger partial charge on any atom is -0.457 e. The molecule has 0 saturated carbocycles. The van der Waals surface area contributed by atoms with Crippen LogP contribution in [0.15, 0.2) is 63.8 Å². The smallest absolute Gasteiger partial charge is 0.374 e. The number of furan rings is 1. The Bertz CT molecular complexity index is 686. The Morgan fingerprint density at radius 3 is 2.75 bits per heavy atom. The van der Waals surface area contributed by atoms with Gasteiger partial charge in [0.1, 0.15) is 0 Å². The zero-order valence-corrected chi connectivity index (χ0v) is 10.5. The van der Waals surface area contributed by atoms with Gasteiger partial charge in [-0.3, -0.25) is 0 Å². The maximum absolute atomic E-state index is 11.6. The number of carbonyl (C=O) groups is 1. The Hall–Kier alpha value is -2.82. The molecule has 2 heterocycles. The number of benzene rings is 1. The van der Waals surface area contributed by atoms with E-state index in [4.69, 9.17) is 13.6 Å². The molecule has 0 radical (unpaired) electrons. The molecular weight excluding hydrogens is 258 g/mol. The first-order chi connectivity index (χ1) is 9.83. The summed E-state index contributed by atoms with van der Waals surface area (Å²) in [5.41, 5.74) is 0.920. The van der Waals surface area contributed by atoms with Crippen LogP contribution in [0.1, 0.15) is 16.4 Å². The summed E-state index contributed by atoms with van der Waals surface area (Å²) < 4.78 is 15.5. The van der Waals surface area contributed by atoms with Crippen molar-refractivity contribution in [3.8, 4) is 11.3 Å². The summed E-state index contributed by atoms with van der Waals surface area (Å²) in [6.07, 6.45) is 3.01. The maximum Gasteiger partial charge on any atom is 0.374 e. The molecule has 0 bridgehead atoms. The Morgan fingerprint density at radius 1 is 1.15 bits per heavy atom. The predicted octanol–water partition coefficient (Wildman–Crippen LogP) is 3.29. The van der Waals surface area contributed by atoms with E-state index in [1.165, 1.54) is 12.3 Å². The molecule has 0 unspecified atom stereocenters. The Kier molecular flexibility index (Phi) is 3.33. The molecule has 0 spiro atoms. The number of oxazole rings is 1. The van der Waals surface area contributed by atoms with Gasteiger partial charge in [-0.25, -0.2) is 9.78 Å². The quantitative estimate of drug-likeness (QED) is 0.680. The van der Waals surface area contributed by atoms with Gasteiger partial charge in [0.15, 0.2) is 12.4 Å². The largest absolute Gasteiger partial charge is 0.457 e. The highest BCUT2D eigenvalue weighted by Gasteiger charge is 2.12. The fraction of sp³-hybridized carbons (Fsp3) is 0.0667. The second-order valence-corrected chi connectivity index (χ2v) is 4.04. The van der Waals surface area contributed by atoms with Crippen LogP contribution < -0.4 is 0 Å². The Balaban J connectivity index is 1.65. The lowest BCUT2D eigenvalue weighted by Crippen LogP contribution is -2.03. The second-order valence-electron chi connectivity index (χ2n) is 4.04. The van der Waals surface area contributed by atoms with E-state index in [2.05, 4.69) is 4.98 Å². The van der Waals surface area contributed by atoms with Crippen molar-refractivity contribution in [2.75, 3.05) is 0 Å². The summed E-state index contributed by atoms with van der Waals surface area (Å²) in [4.78, 5) is 15.6. The molecular formula is C15H11NO4. The molecule has 100 valence electrons. The SMILES string of the molecule is O=C(OCc1ncc(-c2ccccc2)o1)c1ccco1. The van der Waals surface area contributed by atoms with Crippen molar-refractivity contribution in [2.24, 2.45) is 0 Å². The van der Waals surface area contributed by atoms with Crippen LogP contribution in [0.5, 0.6) is 0 Å². The van der Waals surface area contributed by atoms with Crippen LogP contribution in [0, 0.1) is 0 Å². The maximum atomic E-state index is 11.6. The van der Waals surface area contributed by atoms with Crippen LogP contribution in [-0.4, -0.2) is 11.0 Å². The van der Waals surface area contributed by atoms with Crippen molar-refractivity contribution in [1.82, 2.24) is 4.98 Å². The summed E-state index contributed by atoms with van der Waals surface area (Å²) in [7, 11) is 0. The molecule has 0 aliphatic rings. The predicted molar refractivity (Wildman–Crippen MR) is 69.8 cm³/mol. The number of esters is 1. The minimum absolute atomic E-state index is 0.0354. The topological polar surface area (TPSA) is 65.5 Å². The molecule has 0 saturated heterocycles. The van der Waals surface area contributed by atoms with Crippen LogP contribution in [0.3, 0.4) is 0 Å². The van der Waals surface area contributed by atoms with Gasteiger partial charge in [0, 0.05) is 5.56 Å². The lowest BCUT2D eigenvalue weighted by atomic mass is 10.2. The van der Waals surface area contributed by atoms with E-state index in [1.807, 2.05) is 30.3 Å². The van der Waals surface area contributed by atoms with E-state index in [-0.39, 0.29) is 12.4 Å². The van der Waals surface area contributed by atoms with E-state index in [0.29, 0.717) is 11.7 Å². The van der Waals surface area contributed by atoms with Crippen LogP contribution in [0.2, 0.25) is 0 Å². The average Bonchev–Trinajstić information content (AvgIpc) is 3.17. The van der Waals surface area contributed by atoms with Crippen molar-refractivity contribution in [1.29, 1.82) is 0 Å². The first kappa shape index (κ1) is 12.2. The van der Waals surface area contributed by atoms with Crippen LogP contribution in [-0.2, 0) is 11.3 Å². The first-order valence-corrected chi connectivity index (χ1v) is 6.04. The van der Waals surface area contributed by atoms with Gasteiger partial charge in [-0.1, -0.05) is 30.3 Å². The molecule has 0 aliphatic carbocycles. The molecule has 20 heavy (non-hydrogen) atoms. The third-order valence-corrected chi connectivity index (χ3v) is 2.66. The van der Waals surface area contributed by atoms with Gasteiger partial charge in [-0.15, -0.1) is 0 Å². The molecule has 3 aromatic rings. The summed E-state index contributed by atoms with van der Waals surface area (Å²) in [5.74, 6) is 0.577. The van der Waals surface area contributed by atoms with Crippen LogP contribution in [0.25, 0.3) is 11.3 Å². The lowest BCUT2D eigenvalue weighted by Gasteiger charge is -1.99. The Labute approximate surface area is 114 Å². The molecule has 3 rings (SSSR count). The molecule has 0 N–H and O–H groups in total. The standard InChI is InChI=1S/C15H11NO4/c17-15(12-7-4-8-18-12)19-10-14-16-9-13(20-14)11-5-2-1-3-6-11/h1-9H,10H2. The van der Waals surface area contributed by atoms with Crippen LogP contribution in [0.4, 0.5) is 0 Å². The van der Waals surface area contributed by atoms with Crippen molar-refractivity contribution in [3.05, 3.63) is 66.6 Å². The highest BCUT2D eigenvalue weighted by molar-refractivity contribution is 5.86. The number of hydrogen-bond donors (Lipinski definition) is 0. The zero-order chi connectivity index (χ0) is 13.8. The molecule has 2 aromatic heterocycles. The van der Waals surface area contributed by atoms with Gasteiger partial charge in [0.05, 0.1) is 12.5 Å². The van der Waals surface area contributed by atoms with E-state index in [0.717, 1.165) is 5.56 Å². The van der Waals surface area contributed by atoms with Crippen molar-refractivity contribution in [2.45, 2.75) is 6.61 Å². The number of carbonyl (C=O) groups excluding carboxylic acids is 1. The summed E-state index contributed by atoms with van der Waals surface area (Å²) in [6.45, 7) is -0.0354. The van der Waals surface area contributed by atoms with Crippen molar-refractivity contribution < 1.29 is 18.4 Å². The number of ether oxygens (including phenoxy) is 1. The zero-order valence-electron chi connectivity index (χ0n) is 10.5. The third-order valence-electron chi connectivity index (χ3n) is 2.66. The van der Waals surface area contributed by atoms with E-state index >= 15 is 0 Å². The third kappa shape index (κ3) is 2.61. The monoisotopic (exact) mass is 269 g/mol. The molecule has 0 fully saturated rings. The molecule has 5 nitrogen and oxygen atoms in total. The molecule has 5 heteroatoms. The molecule has 1 aromatic carbocycles. The average molecular weight is 269 g/mol. The van der Waals surface area contributed by atoms with Gasteiger partial charge < -0.3 is 13.6 Å². The van der Waals surface area contributed by atoms with Gasteiger partial charge in [0.25, 0.3) is 0 Å². The summed E-state index contributed by atoms with van der Waals surface area (Å²) in [5, 5.41) is 0. The number of aromatic nitrogens is 1. The summed E-state index contributed by atoms with van der Waals surface area (Å²) >= 11 is 0. The lowest BCUT2D eigenvalue weighted by molar-refractivity contribution is 0.0402. The highest BCUT2D eigenvalue weighted by atomic mass is 16.6. The first-order valence-electron chi connectivity index (χ1n) is 6.04. The molecule has 0 atom stereocenters. The van der Waals surface area contributed by atoms with Gasteiger partial charge in [0.2, 0.25) is 11.7 Å². The van der Waals surface area contributed by atoms with E-state index < -0.39 is 5.97 Å². The van der Waals surface area contributed by atoms with Gasteiger partial charge in [-0.2, -0.15) is 0 Å². The Morgan fingerprint density at radius 2 is 2.00 bits per heavy atom. The van der Waals surface area contributed by atoms with E-state index in [9.17, 15) is 4.79 Å². The van der Waals surface area contributed by atoms with Gasteiger partial charge >= 0.3 is 5.97 Å². The minimum atomic E-state index is -0.547. The normalized spacial score (nSPS) is 10.4. The number of nitrogens with zero attached hydrogens (tertiary/aromatic N) is 1. The van der Waals surface area contributed by atoms with E-state index in [1.54, 1.807) is 12.3 Å². The highest BCUT2D eigenvalue weighted by Crippen LogP contribution is 2.20. The molecule has 0 amide bonds. The number of hydrogen-bond acceptors (Lipinski definition) is 5. The van der Waals surface area contributed by atoms with Crippen molar-refractivity contribution >= 4 is 5.97 Å². The van der Waals surface area contributed by atoms with Crippen LogP contribution >= 0.6 is 0 Å². The second kappa shape index (κ2) is 5.44. The van der Waals surface area contributed by atoms with Gasteiger partial charge in [-0.05, 0) is 12.1 Å². The molecule has 0 aliphatic heterocycles. The fourth-order valence-corrected chi connectivity index (χ4v) is 1.71.